The van der Waals surface area contributed by atoms with Gasteiger partial charge in [0.1, 0.15) is 0 Å². The van der Waals surface area contributed by atoms with Gasteiger partial charge in [0, 0.05) is 10.9 Å². The number of rotatable bonds is 8. The lowest BCUT2D eigenvalue weighted by molar-refractivity contribution is 0.440. The molecule has 0 saturated carbocycles. The van der Waals surface area contributed by atoms with Crippen LogP contribution in [0.1, 0.15) is 6.42 Å². The van der Waals surface area contributed by atoms with Crippen LogP contribution in [0.3, 0.4) is 0 Å². The van der Waals surface area contributed by atoms with Crippen LogP contribution in [0.2, 0.25) is 19.6 Å². The van der Waals surface area contributed by atoms with E-state index >= 15 is 0 Å². The molecule has 2 N–H and O–H groups in total. The average molecular weight is 498 g/mol. The molecule has 1 aromatic heterocycles. The molecule has 0 aliphatic heterocycles. The van der Waals surface area contributed by atoms with E-state index in [2.05, 4.69) is 20.7 Å². The summed E-state index contributed by atoms with van der Waals surface area (Å²) in [5, 5.41) is 13.4. The Hall–Kier alpha value is -1.97. The molecule has 0 radical (unpaired) electrons. The standard InChI is InChI=1S/C20H24BrNO5SSi/c1-29(2,3)27-19-17(23)18(26-20(19)22-28(24,25)12-6-11-21)16-10-9-14-7-4-5-8-15(14)13-16/h4-5,7-10,13,22-23H,6,11-12H2,1-3H3. The zero-order valence-corrected chi connectivity index (χ0v) is 19.9. The Morgan fingerprint density at radius 3 is 2.48 bits per heavy atom. The van der Waals surface area contributed by atoms with Crippen LogP contribution in [0.25, 0.3) is 22.1 Å². The van der Waals surface area contributed by atoms with Crippen molar-refractivity contribution in [3.05, 3.63) is 42.5 Å². The lowest BCUT2D eigenvalue weighted by Gasteiger charge is -2.19. The summed E-state index contributed by atoms with van der Waals surface area (Å²) in [7, 11) is -5.80. The van der Waals surface area contributed by atoms with E-state index in [4.69, 9.17) is 8.84 Å². The third kappa shape index (κ3) is 5.34. The summed E-state index contributed by atoms with van der Waals surface area (Å²) in [6.07, 6.45) is 0.448. The minimum absolute atomic E-state index is 0.0368. The fourth-order valence-corrected chi connectivity index (χ4v) is 5.34. The van der Waals surface area contributed by atoms with Crippen molar-refractivity contribution in [2.75, 3.05) is 15.8 Å². The van der Waals surface area contributed by atoms with Crippen molar-refractivity contribution in [2.45, 2.75) is 26.1 Å². The van der Waals surface area contributed by atoms with Crippen molar-refractivity contribution < 1.29 is 22.4 Å². The third-order valence-electron chi connectivity index (χ3n) is 4.06. The van der Waals surface area contributed by atoms with Gasteiger partial charge in [-0.1, -0.05) is 52.3 Å². The van der Waals surface area contributed by atoms with Crippen molar-refractivity contribution in [3.8, 4) is 22.8 Å². The zero-order valence-electron chi connectivity index (χ0n) is 16.5. The number of hydrogen-bond donors (Lipinski definition) is 2. The number of halogens is 1. The highest BCUT2D eigenvalue weighted by Crippen LogP contribution is 2.47. The maximum Gasteiger partial charge on any atom is 0.252 e. The predicted molar refractivity (Wildman–Crippen MR) is 123 cm³/mol. The van der Waals surface area contributed by atoms with Crippen molar-refractivity contribution in [1.82, 2.24) is 0 Å². The van der Waals surface area contributed by atoms with E-state index < -0.39 is 18.3 Å². The van der Waals surface area contributed by atoms with Crippen molar-refractivity contribution >= 4 is 50.9 Å². The van der Waals surface area contributed by atoms with Crippen molar-refractivity contribution in [3.63, 3.8) is 0 Å². The first-order valence-electron chi connectivity index (χ1n) is 9.20. The molecule has 0 saturated heterocycles. The molecular formula is C20H24BrNO5SSi. The van der Waals surface area contributed by atoms with Crippen LogP contribution in [-0.2, 0) is 10.0 Å². The van der Waals surface area contributed by atoms with Crippen LogP contribution in [0, 0.1) is 0 Å². The highest BCUT2D eigenvalue weighted by Gasteiger charge is 2.29. The molecule has 0 spiro atoms. The van der Waals surface area contributed by atoms with Crippen LogP contribution < -0.4 is 9.15 Å². The van der Waals surface area contributed by atoms with Gasteiger partial charge in [-0.25, -0.2) is 13.1 Å². The Kier molecular flexibility index (Phi) is 6.30. The molecule has 0 fully saturated rings. The molecule has 9 heteroatoms. The summed E-state index contributed by atoms with van der Waals surface area (Å²) < 4.78 is 39.0. The van der Waals surface area contributed by atoms with Gasteiger partial charge in [0.15, 0.2) is 5.76 Å². The monoisotopic (exact) mass is 497 g/mol. The van der Waals surface area contributed by atoms with Gasteiger partial charge in [0.2, 0.25) is 29.8 Å². The van der Waals surface area contributed by atoms with E-state index in [-0.39, 0.29) is 28.9 Å². The maximum absolute atomic E-state index is 12.4. The van der Waals surface area contributed by atoms with Crippen molar-refractivity contribution in [2.24, 2.45) is 0 Å². The lowest BCUT2D eigenvalue weighted by atomic mass is 10.1. The summed E-state index contributed by atoms with van der Waals surface area (Å²) in [6, 6.07) is 13.5. The predicted octanol–water partition coefficient (Wildman–Crippen LogP) is 5.55. The van der Waals surface area contributed by atoms with E-state index in [1.807, 2.05) is 62.1 Å². The number of aromatic hydroxyl groups is 1. The molecule has 1 heterocycles. The quantitative estimate of drug-likeness (QED) is 0.314. The molecule has 0 aliphatic carbocycles. The van der Waals surface area contributed by atoms with Crippen LogP contribution in [0.4, 0.5) is 5.88 Å². The third-order valence-corrected chi connectivity index (χ3v) is 6.76. The van der Waals surface area contributed by atoms with Gasteiger partial charge in [-0.3, -0.25) is 0 Å². The first-order chi connectivity index (χ1) is 13.6. The Bertz CT molecular complexity index is 1120. The van der Waals surface area contributed by atoms with E-state index in [9.17, 15) is 13.5 Å². The van der Waals surface area contributed by atoms with Crippen molar-refractivity contribution in [1.29, 1.82) is 0 Å². The highest BCUT2D eigenvalue weighted by atomic mass is 79.9. The van der Waals surface area contributed by atoms with Gasteiger partial charge in [0.25, 0.3) is 5.88 Å². The number of anilines is 1. The minimum Gasteiger partial charge on any atom is -0.538 e. The summed E-state index contributed by atoms with van der Waals surface area (Å²) >= 11 is 3.23. The largest absolute Gasteiger partial charge is 0.538 e. The summed E-state index contributed by atoms with van der Waals surface area (Å²) in [5.41, 5.74) is 0.632. The normalized spacial score (nSPS) is 12.3. The van der Waals surface area contributed by atoms with Crippen LogP contribution in [-0.4, -0.2) is 32.9 Å². The molecule has 3 aromatic rings. The fourth-order valence-electron chi connectivity index (χ4n) is 2.84. The molecule has 6 nitrogen and oxygen atoms in total. The smallest absolute Gasteiger partial charge is 0.252 e. The fraction of sp³-hybridized carbons (Fsp3) is 0.300. The topological polar surface area (TPSA) is 88.8 Å². The van der Waals surface area contributed by atoms with Crippen LogP contribution in [0.5, 0.6) is 11.5 Å². The summed E-state index contributed by atoms with van der Waals surface area (Å²) in [5.74, 6) is -0.169. The molecule has 3 rings (SSSR count). The Labute approximate surface area is 180 Å². The first-order valence-corrected chi connectivity index (χ1v) is 15.4. The number of benzene rings is 2. The van der Waals surface area contributed by atoms with Gasteiger partial charge < -0.3 is 13.9 Å². The Balaban J connectivity index is 2.07. The van der Waals surface area contributed by atoms with E-state index in [1.54, 1.807) is 0 Å². The number of hydrogen-bond acceptors (Lipinski definition) is 5. The van der Waals surface area contributed by atoms with E-state index in [1.165, 1.54) is 0 Å². The molecule has 0 unspecified atom stereocenters. The number of nitrogens with one attached hydrogen (secondary N) is 1. The number of fused-ring (bicyclic) bond motifs is 1. The molecule has 0 aliphatic rings. The molecule has 2 aromatic carbocycles. The molecule has 0 atom stereocenters. The molecule has 156 valence electrons. The van der Waals surface area contributed by atoms with Crippen LogP contribution in [0.15, 0.2) is 46.9 Å². The van der Waals surface area contributed by atoms with Gasteiger partial charge in [-0.15, -0.1) is 0 Å². The molecule has 29 heavy (non-hydrogen) atoms. The summed E-state index contributed by atoms with van der Waals surface area (Å²) in [6.45, 7) is 5.83. The van der Waals surface area contributed by atoms with E-state index in [0.717, 1.165) is 10.8 Å². The average Bonchev–Trinajstić information content (AvgIpc) is 2.93. The Morgan fingerprint density at radius 2 is 1.83 bits per heavy atom. The maximum atomic E-state index is 12.4. The number of furan rings is 1. The Morgan fingerprint density at radius 1 is 1.14 bits per heavy atom. The van der Waals surface area contributed by atoms with Gasteiger partial charge in [-0.2, -0.15) is 0 Å². The second-order valence-corrected chi connectivity index (χ2v) is 14.7. The SMILES string of the molecule is C[Si](C)(C)Oc1c(NS(=O)(=O)CCCBr)oc(-c2ccc3ccccc3c2)c1O. The van der Waals surface area contributed by atoms with Gasteiger partial charge in [-0.05, 0) is 42.9 Å². The molecule has 0 amide bonds. The van der Waals surface area contributed by atoms with E-state index in [0.29, 0.717) is 17.3 Å². The number of alkyl halides is 1. The van der Waals surface area contributed by atoms with Gasteiger partial charge in [0.05, 0.1) is 5.75 Å². The second kappa shape index (κ2) is 8.41. The number of sulfonamides is 1. The van der Waals surface area contributed by atoms with Gasteiger partial charge >= 0.3 is 0 Å². The molecular weight excluding hydrogens is 474 g/mol. The highest BCUT2D eigenvalue weighted by molar-refractivity contribution is 9.09. The lowest BCUT2D eigenvalue weighted by Crippen LogP contribution is -2.29. The minimum atomic E-state index is -3.64. The molecule has 0 bridgehead atoms. The van der Waals surface area contributed by atoms with Crippen LogP contribution >= 0.6 is 15.9 Å². The first kappa shape index (κ1) is 21.7. The zero-order chi connectivity index (χ0) is 21.2. The summed E-state index contributed by atoms with van der Waals surface area (Å²) in [4.78, 5) is 0. The second-order valence-electron chi connectivity index (χ2n) is 7.68.